The van der Waals surface area contributed by atoms with Crippen LogP contribution in [0.15, 0.2) is 0 Å². The van der Waals surface area contributed by atoms with Gasteiger partial charge >= 0.3 is 12.1 Å². The minimum Gasteiger partial charge on any atom is -0.480 e. The van der Waals surface area contributed by atoms with Gasteiger partial charge in [-0.05, 0) is 13.8 Å². The van der Waals surface area contributed by atoms with Gasteiger partial charge in [0.25, 0.3) is 0 Å². The van der Waals surface area contributed by atoms with E-state index < -0.39 is 37.7 Å². The van der Waals surface area contributed by atoms with Gasteiger partial charge in [-0.3, -0.25) is 14.5 Å². The predicted octanol–water partition coefficient (Wildman–Crippen LogP) is 0.804. The van der Waals surface area contributed by atoms with Crippen LogP contribution in [0.25, 0.3) is 0 Å². The summed E-state index contributed by atoms with van der Waals surface area (Å²) in [6, 6.07) is 0. The number of carboxylic acids is 1. The third-order valence-corrected chi connectivity index (χ3v) is 2.24. The molecule has 5 nitrogen and oxygen atoms in total. The molecule has 0 radical (unpaired) electrons. The molecule has 0 aliphatic carbocycles. The molecule has 0 aliphatic rings. The molecule has 0 saturated heterocycles. The number of halogens is 3. The maximum atomic E-state index is 12.2. The van der Waals surface area contributed by atoms with Crippen molar-refractivity contribution in [2.24, 2.45) is 0 Å². The second-order valence-corrected chi connectivity index (χ2v) is 3.72. The SMILES string of the molecule is CCN(CC)C(=O)CN(CC(=O)O)CC(F)(F)F. The Bertz CT molecular complexity index is 291. The van der Waals surface area contributed by atoms with Gasteiger partial charge in [-0.2, -0.15) is 13.2 Å². The van der Waals surface area contributed by atoms with Crippen LogP contribution in [0.4, 0.5) is 13.2 Å². The summed E-state index contributed by atoms with van der Waals surface area (Å²) in [6.07, 6.45) is -4.53. The number of rotatable bonds is 7. The van der Waals surface area contributed by atoms with Gasteiger partial charge in [0.05, 0.1) is 19.6 Å². The van der Waals surface area contributed by atoms with Crippen molar-refractivity contribution in [3.63, 3.8) is 0 Å². The van der Waals surface area contributed by atoms with E-state index in [0.29, 0.717) is 18.0 Å². The summed E-state index contributed by atoms with van der Waals surface area (Å²) < 4.78 is 36.6. The van der Waals surface area contributed by atoms with E-state index in [9.17, 15) is 22.8 Å². The molecule has 0 aromatic carbocycles. The van der Waals surface area contributed by atoms with E-state index >= 15 is 0 Å². The first-order chi connectivity index (χ1) is 8.19. The first-order valence-electron chi connectivity index (χ1n) is 5.48. The molecule has 106 valence electrons. The van der Waals surface area contributed by atoms with Crippen molar-refractivity contribution < 1.29 is 27.9 Å². The van der Waals surface area contributed by atoms with Gasteiger partial charge in [-0.15, -0.1) is 0 Å². The second kappa shape index (κ2) is 7.20. The molecule has 1 N–H and O–H groups in total. The lowest BCUT2D eigenvalue weighted by Crippen LogP contribution is -2.45. The fourth-order valence-corrected chi connectivity index (χ4v) is 1.48. The van der Waals surface area contributed by atoms with Crippen molar-refractivity contribution in [2.75, 3.05) is 32.7 Å². The van der Waals surface area contributed by atoms with Crippen LogP contribution in [0.5, 0.6) is 0 Å². The van der Waals surface area contributed by atoms with Crippen LogP contribution in [0.1, 0.15) is 13.8 Å². The smallest absolute Gasteiger partial charge is 0.401 e. The number of amides is 1. The van der Waals surface area contributed by atoms with E-state index in [0.717, 1.165) is 0 Å². The molecule has 0 atom stereocenters. The first kappa shape index (κ1) is 16.7. The summed E-state index contributed by atoms with van der Waals surface area (Å²) >= 11 is 0. The number of hydrogen-bond acceptors (Lipinski definition) is 3. The molecule has 0 spiro atoms. The zero-order chi connectivity index (χ0) is 14.3. The summed E-state index contributed by atoms with van der Waals surface area (Å²) in [5.74, 6) is -1.91. The van der Waals surface area contributed by atoms with Crippen LogP contribution >= 0.6 is 0 Å². The highest BCUT2D eigenvalue weighted by Crippen LogP contribution is 2.16. The van der Waals surface area contributed by atoms with Crippen LogP contribution < -0.4 is 0 Å². The molecule has 0 bridgehead atoms. The van der Waals surface area contributed by atoms with Gasteiger partial charge in [-0.1, -0.05) is 0 Å². The molecule has 0 saturated carbocycles. The molecular weight excluding hydrogens is 253 g/mol. The fourth-order valence-electron chi connectivity index (χ4n) is 1.48. The normalized spacial score (nSPS) is 11.7. The van der Waals surface area contributed by atoms with E-state index in [-0.39, 0.29) is 0 Å². The summed E-state index contributed by atoms with van der Waals surface area (Å²) in [5.41, 5.74) is 0. The van der Waals surface area contributed by atoms with Crippen LogP contribution in [0.2, 0.25) is 0 Å². The Morgan fingerprint density at radius 2 is 1.61 bits per heavy atom. The molecular formula is C10H17F3N2O3. The molecule has 1 amide bonds. The molecule has 0 unspecified atom stereocenters. The Hall–Kier alpha value is -1.31. The minimum atomic E-state index is -4.53. The van der Waals surface area contributed by atoms with Crippen LogP contribution in [-0.2, 0) is 9.59 Å². The van der Waals surface area contributed by atoms with Crippen LogP contribution in [0, 0.1) is 0 Å². The van der Waals surface area contributed by atoms with Crippen molar-refractivity contribution in [3.8, 4) is 0 Å². The zero-order valence-corrected chi connectivity index (χ0v) is 10.3. The summed E-state index contributed by atoms with van der Waals surface area (Å²) in [5, 5.41) is 8.51. The Morgan fingerprint density at radius 1 is 1.11 bits per heavy atom. The molecule has 0 aromatic heterocycles. The number of hydrogen-bond donors (Lipinski definition) is 1. The maximum absolute atomic E-state index is 12.2. The summed E-state index contributed by atoms with van der Waals surface area (Å²) in [6.45, 7) is 1.39. The number of carboxylic acid groups (broad SMARTS) is 1. The lowest BCUT2D eigenvalue weighted by molar-refractivity contribution is -0.157. The number of carbonyl (C=O) groups excluding carboxylic acids is 1. The van der Waals surface area contributed by atoms with Gasteiger partial charge in [0.1, 0.15) is 0 Å². The van der Waals surface area contributed by atoms with E-state index in [1.165, 1.54) is 4.90 Å². The fraction of sp³-hybridized carbons (Fsp3) is 0.800. The first-order valence-corrected chi connectivity index (χ1v) is 5.48. The number of aliphatic carboxylic acids is 1. The Kier molecular flexibility index (Phi) is 6.67. The van der Waals surface area contributed by atoms with Crippen molar-refractivity contribution in [2.45, 2.75) is 20.0 Å². The second-order valence-electron chi connectivity index (χ2n) is 3.72. The minimum absolute atomic E-state index is 0.377. The standard InChI is InChI=1S/C10H17F3N2O3/c1-3-15(4-2)8(16)5-14(6-9(17)18)7-10(11,12)13/h3-7H2,1-2H3,(H,17,18). The molecule has 0 aromatic rings. The van der Waals surface area contributed by atoms with Crippen molar-refractivity contribution in [1.82, 2.24) is 9.80 Å². The summed E-state index contributed by atoms with van der Waals surface area (Å²) in [7, 11) is 0. The Morgan fingerprint density at radius 3 is 1.94 bits per heavy atom. The van der Waals surface area contributed by atoms with E-state index in [1.54, 1.807) is 13.8 Å². The Balaban J connectivity index is 4.58. The highest BCUT2D eigenvalue weighted by atomic mass is 19.4. The molecule has 0 aliphatic heterocycles. The largest absolute Gasteiger partial charge is 0.480 e. The summed E-state index contributed by atoms with van der Waals surface area (Å²) in [4.78, 5) is 24.0. The molecule has 8 heteroatoms. The average molecular weight is 270 g/mol. The van der Waals surface area contributed by atoms with E-state index in [4.69, 9.17) is 5.11 Å². The number of nitrogens with zero attached hydrogens (tertiary/aromatic N) is 2. The van der Waals surface area contributed by atoms with Crippen molar-refractivity contribution >= 4 is 11.9 Å². The van der Waals surface area contributed by atoms with Gasteiger partial charge in [-0.25, -0.2) is 0 Å². The van der Waals surface area contributed by atoms with Gasteiger partial charge in [0, 0.05) is 13.1 Å². The predicted molar refractivity (Wildman–Crippen MR) is 58.1 cm³/mol. The highest BCUT2D eigenvalue weighted by molar-refractivity contribution is 5.79. The van der Waals surface area contributed by atoms with Gasteiger partial charge in [0.15, 0.2) is 0 Å². The third kappa shape index (κ3) is 7.10. The number of carbonyl (C=O) groups is 2. The lowest BCUT2D eigenvalue weighted by Gasteiger charge is -2.25. The lowest BCUT2D eigenvalue weighted by atomic mass is 10.4. The third-order valence-electron chi connectivity index (χ3n) is 2.24. The van der Waals surface area contributed by atoms with E-state index in [2.05, 4.69) is 0 Å². The Labute approximate surface area is 103 Å². The number of alkyl halides is 3. The molecule has 18 heavy (non-hydrogen) atoms. The maximum Gasteiger partial charge on any atom is 0.401 e. The molecule has 0 fully saturated rings. The van der Waals surface area contributed by atoms with Crippen LogP contribution in [-0.4, -0.2) is 65.7 Å². The van der Waals surface area contributed by atoms with Gasteiger partial charge in [0.2, 0.25) is 5.91 Å². The van der Waals surface area contributed by atoms with Crippen LogP contribution in [0.3, 0.4) is 0 Å². The van der Waals surface area contributed by atoms with Crippen molar-refractivity contribution in [1.29, 1.82) is 0 Å². The monoisotopic (exact) mass is 270 g/mol. The topological polar surface area (TPSA) is 60.9 Å². The average Bonchev–Trinajstić information content (AvgIpc) is 2.15. The quantitative estimate of drug-likeness (QED) is 0.743. The molecule has 0 rings (SSSR count). The van der Waals surface area contributed by atoms with E-state index in [1.807, 2.05) is 0 Å². The van der Waals surface area contributed by atoms with Gasteiger partial charge < -0.3 is 10.0 Å². The zero-order valence-electron chi connectivity index (χ0n) is 10.3. The number of likely N-dealkylation sites (N-methyl/N-ethyl adjacent to an activating group) is 1. The molecule has 0 heterocycles. The highest BCUT2D eigenvalue weighted by Gasteiger charge is 2.32. The van der Waals surface area contributed by atoms with Crippen molar-refractivity contribution in [3.05, 3.63) is 0 Å².